The molecule has 1 amide bonds. The third-order valence-corrected chi connectivity index (χ3v) is 3.78. The summed E-state index contributed by atoms with van der Waals surface area (Å²) in [6, 6.07) is 11.2. The fraction of sp³-hybridized carbons (Fsp3) is 0.278. The SMILES string of the molecule is Cc1ccc(OC(C)C(=O)NC(C)c2ccc(F)cc2)c(Cl)c1. The lowest BCUT2D eigenvalue weighted by atomic mass is 10.1. The Kier molecular flexibility index (Phi) is 5.61. The number of hydrogen-bond donors (Lipinski definition) is 1. The Hall–Kier alpha value is -2.07. The van der Waals surface area contributed by atoms with Gasteiger partial charge in [0.25, 0.3) is 5.91 Å². The monoisotopic (exact) mass is 335 g/mol. The van der Waals surface area contributed by atoms with E-state index in [4.69, 9.17) is 16.3 Å². The molecule has 2 aromatic rings. The van der Waals surface area contributed by atoms with Crippen molar-refractivity contribution in [3.8, 4) is 5.75 Å². The first-order chi connectivity index (χ1) is 10.9. The number of carbonyl (C=O) groups excluding carboxylic acids is 1. The van der Waals surface area contributed by atoms with E-state index in [-0.39, 0.29) is 17.8 Å². The molecule has 5 heteroatoms. The lowest BCUT2D eigenvalue weighted by Gasteiger charge is -2.19. The second-order valence-electron chi connectivity index (χ2n) is 5.48. The van der Waals surface area contributed by atoms with Crippen molar-refractivity contribution >= 4 is 17.5 Å². The van der Waals surface area contributed by atoms with Crippen LogP contribution in [0.3, 0.4) is 0 Å². The number of aryl methyl sites for hydroxylation is 1. The molecule has 0 fully saturated rings. The normalized spacial score (nSPS) is 13.3. The molecule has 2 unspecified atom stereocenters. The van der Waals surface area contributed by atoms with Crippen molar-refractivity contribution in [3.05, 3.63) is 64.4 Å². The lowest BCUT2D eigenvalue weighted by Crippen LogP contribution is -2.37. The van der Waals surface area contributed by atoms with Crippen molar-refractivity contribution in [1.29, 1.82) is 0 Å². The Labute approximate surface area is 140 Å². The zero-order valence-corrected chi connectivity index (χ0v) is 14.0. The molecule has 0 bridgehead atoms. The molecule has 23 heavy (non-hydrogen) atoms. The van der Waals surface area contributed by atoms with E-state index in [1.807, 2.05) is 19.9 Å². The van der Waals surface area contributed by atoms with Crippen LogP contribution >= 0.6 is 11.6 Å². The molecule has 122 valence electrons. The maximum Gasteiger partial charge on any atom is 0.261 e. The summed E-state index contributed by atoms with van der Waals surface area (Å²) in [5, 5.41) is 3.31. The molecular weight excluding hydrogens is 317 g/mol. The number of amides is 1. The van der Waals surface area contributed by atoms with Gasteiger partial charge in [0.2, 0.25) is 0 Å². The molecule has 0 aromatic heterocycles. The van der Waals surface area contributed by atoms with Gasteiger partial charge in [-0.1, -0.05) is 29.8 Å². The summed E-state index contributed by atoms with van der Waals surface area (Å²) in [6.45, 7) is 5.41. The molecule has 2 rings (SSSR count). The van der Waals surface area contributed by atoms with Crippen LogP contribution in [-0.2, 0) is 4.79 Å². The zero-order valence-electron chi connectivity index (χ0n) is 13.3. The minimum absolute atomic E-state index is 0.248. The highest BCUT2D eigenvalue weighted by Crippen LogP contribution is 2.26. The number of carbonyl (C=O) groups is 1. The van der Waals surface area contributed by atoms with Gasteiger partial charge in [-0.05, 0) is 56.2 Å². The highest BCUT2D eigenvalue weighted by atomic mass is 35.5. The highest BCUT2D eigenvalue weighted by molar-refractivity contribution is 6.32. The fourth-order valence-corrected chi connectivity index (χ4v) is 2.39. The number of halogens is 2. The van der Waals surface area contributed by atoms with Crippen LogP contribution in [-0.4, -0.2) is 12.0 Å². The Balaban J connectivity index is 1.98. The molecule has 0 saturated carbocycles. The molecular formula is C18H19ClFNO2. The van der Waals surface area contributed by atoms with Crippen molar-refractivity contribution in [3.63, 3.8) is 0 Å². The van der Waals surface area contributed by atoms with E-state index in [1.54, 1.807) is 31.2 Å². The number of nitrogens with one attached hydrogen (secondary N) is 1. The zero-order chi connectivity index (χ0) is 17.0. The van der Waals surface area contributed by atoms with Gasteiger partial charge in [-0.15, -0.1) is 0 Å². The molecule has 0 radical (unpaired) electrons. The van der Waals surface area contributed by atoms with Gasteiger partial charge < -0.3 is 10.1 Å². The third-order valence-electron chi connectivity index (χ3n) is 3.49. The van der Waals surface area contributed by atoms with Crippen LogP contribution in [0.4, 0.5) is 4.39 Å². The standard InChI is InChI=1S/C18H19ClFNO2/c1-11-4-9-17(16(19)10-11)23-13(3)18(22)21-12(2)14-5-7-15(20)8-6-14/h4-10,12-13H,1-3H3,(H,21,22). The number of rotatable bonds is 5. The average molecular weight is 336 g/mol. The second kappa shape index (κ2) is 7.47. The first-order valence-corrected chi connectivity index (χ1v) is 7.73. The van der Waals surface area contributed by atoms with Gasteiger partial charge in [-0.25, -0.2) is 4.39 Å². The molecule has 0 heterocycles. The van der Waals surface area contributed by atoms with E-state index < -0.39 is 6.10 Å². The van der Waals surface area contributed by atoms with Crippen LogP contribution in [0, 0.1) is 12.7 Å². The van der Waals surface area contributed by atoms with Gasteiger partial charge >= 0.3 is 0 Å². The molecule has 0 aliphatic heterocycles. The average Bonchev–Trinajstić information content (AvgIpc) is 2.50. The van der Waals surface area contributed by atoms with Gasteiger partial charge in [0.15, 0.2) is 6.10 Å². The molecule has 0 aliphatic carbocycles. The Morgan fingerprint density at radius 1 is 1.17 bits per heavy atom. The van der Waals surface area contributed by atoms with Gasteiger partial charge in [-0.2, -0.15) is 0 Å². The maximum atomic E-state index is 12.9. The van der Waals surface area contributed by atoms with Crippen molar-refractivity contribution in [2.45, 2.75) is 32.9 Å². The maximum absolute atomic E-state index is 12.9. The third kappa shape index (κ3) is 4.70. The van der Waals surface area contributed by atoms with Gasteiger partial charge in [0.1, 0.15) is 11.6 Å². The summed E-state index contributed by atoms with van der Waals surface area (Å²) in [4.78, 5) is 12.2. The van der Waals surface area contributed by atoms with E-state index >= 15 is 0 Å². The van der Waals surface area contributed by atoms with Crippen LogP contribution in [0.5, 0.6) is 5.75 Å². The van der Waals surface area contributed by atoms with Crippen LogP contribution in [0.1, 0.15) is 31.0 Å². The molecule has 2 atom stereocenters. The Morgan fingerprint density at radius 3 is 2.43 bits per heavy atom. The minimum atomic E-state index is -0.696. The van der Waals surface area contributed by atoms with Crippen molar-refractivity contribution in [2.75, 3.05) is 0 Å². The largest absolute Gasteiger partial charge is 0.479 e. The van der Waals surface area contributed by atoms with Gasteiger partial charge in [-0.3, -0.25) is 4.79 Å². The van der Waals surface area contributed by atoms with Crippen molar-refractivity contribution in [1.82, 2.24) is 5.32 Å². The number of benzene rings is 2. The first-order valence-electron chi connectivity index (χ1n) is 7.35. The summed E-state index contributed by atoms with van der Waals surface area (Å²) in [5.74, 6) is -0.106. The summed E-state index contributed by atoms with van der Waals surface area (Å²) in [6.07, 6.45) is -0.696. The second-order valence-corrected chi connectivity index (χ2v) is 5.88. The van der Waals surface area contributed by atoms with Crippen LogP contribution in [0.2, 0.25) is 5.02 Å². The molecule has 2 aromatic carbocycles. The molecule has 3 nitrogen and oxygen atoms in total. The lowest BCUT2D eigenvalue weighted by molar-refractivity contribution is -0.127. The van der Waals surface area contributed by atoms with E-state index in [0.29, 0.717) is 10.8 Å². The van der Waals surface area contributed by atoms with Crippen LogP contribution < -0.4 is 10.1 Å². The van der Waals surface area contributed by atoms with E-state index in [1.165, 1.54) is 12.1 Å². The van der Waals surface area contributed by atoms with Gasteiger partial charge in [0.05, 0.1) is 11.1 Å². The number of hydrogen-bond acceptors (Lipinski definition) is 2. The number of ether oxygens (including phenoxy) is 1. The summed E-state index contributed by atoms with van der Waals surface area (Å²) in [5.41, 5.74) is 1.84. The van der Waals surface area contributed by atoms with Crippen molar-refractivity contribution in [2.24, 2.45) is 0 Å². The van der Waals surface area contributed by atoms with E-state index in [9.17, 15) is 9.18 Å². The van der Waals surface area contributed by atoms with E-state index in [0.717, 1.165) is 11.1 Å². The smallest absolute Gasteiger partial charge is 0.261 e. The first kappa shape index (κ1) is 17.3. The van der Waals surface area contributed by atoms with E-state index in [2.05, 4.69) is 5.32 Å². The van der Waals surface area contributed by atoms with Crippen molar-refractivity contribution < 1.29 is 13.9 Å². The fourth-order valence-electron chi connectivity index (χ4n) is 2.11. The highest BCUT2D eigenvalue weighted by Gasteiger charge is 2.18. The quantitative estimate of drug-likeness (QED) is 0.877. The molecule has 0 aliphatic rings. The Morgan fingerprint density at radius 2 is 1.83 bits per heavy atom. The van der Waals surface area contributed by atoms with Crippen LogP contribution in [0.25, 0.3) is 0 Å². The predicted octanol–water partition coefficient (Wildman–Crippen LogP) is 4.43. The predicted molar refractivity (Wildman–Crippen MR) is 89.2 cm³/mol. The Bertz CT molecular complexity index is 688. The summed E-state index contributed by atoms with van der Waals surface area (Å²) >= 11 is 6.10. The summed E-state index contributed by atoms with van der Waals surface area (Å²) < 4.78 is 18.5. The van der Waals surface area contributed by atoms with Gasteiger partial charge in [0, 0.05) is 0 Å². The summed E-state index contributed by atoms with van der Waals surface area (Å²) in [7, 11) is 0. The molecule has 0 spiro atoms. The van der Waals surface area contributed by atoms with Crippen LogP contribution in [0.15, 0.2) is 42.5 Å². The topological polar surface area (TPSA) is 38.3 Å². The molecule has 0 saturated heterocycles. The molecule has 1 N–H and O–H groups in total. The minimum Gasteiger partial charge on any atom is -0.479 e.